The number of aryl methyl sites for hydroxylation is 2. The van der Waals surface area contributed by atoms with Crippen molar-refractivity contribution in [1.29, 1.82) is 0 Å². The maximum atomic E-state index is 13.9. The monoisotopic (exact) mass is 538 g/mol. The van der Waals surface area contributed by atoms with Crippen LogP contribution < -0.4 is 15.5 Å². The van der Waals surface area contributed by atoms with Crippen LogP contribution in [0.1, 0.15) is 59.7 Å². The number of nitrogens with one attached hydrogen (secondary N) is 2. The summed E-state index contributed by atoms with van der Waals surface area (Å²) in [7, 11) is 0. The third-order valence-corrected chi connectivity index (χ3v) is 8.60. The topological polar surface area (TPSA) is 64.7 Å². The van der Waals surface area contributed by atoms with Crippen molar-refractivity contribution in [3.8, 4) is 0 Å². The number of hydrogen-bond donors (Lipinski definition) is 2. The van der Waals surface area contributed by atoms with E-state index >= 15 is 0 Å². The Balaban J connectivity index is 1.33. The molecule has 0 radical (unpaired) electrons. The van der Waals surface area contributed by atoms with Gasteiger partial charge in [0.1, 0.15) is 0 Å². The molecule has 0 aliphatic carbocycles. The molecule has 2 aliphatic heterocycles. The number of rotatable bonds is 6. The summed E-state index contributed by atoms with van der Waals surface area (Å²) in [4.78, 5) is 31.2. The lowest BCUT2D eigenvalue weighted by Crippen LogP contribution is -2.40. The number of amides is 3. The summed E-state index contributed by atoms with van der Waals surface area (Å²) in [5.41, 5.74) is 6.51. The first-order valence-electron chi connectivity index (χ1n) is 14.7. The normalized spacial score (nSPS) is 16.6. The smallest absolute Gasteiger partial charge is 0.323 e. The second-order valence-electron chi connectivity index (χ2n) is 11.7. The average molecular weight is 539 g/mol. The number of urea groups is 1. The molecule has 6 nitrogen and oxygen atoms in total. The lowest BCUT2D eigenvalue weighted by atomic mass is 9.89. The molecule has 3 aromatic carbocycles. The Hall–Kier alpha value is -3.80. The standard InChI is InChI=1S/C34H42N4O2/c1-24-14-18-38(19-15-24)33(39)30-23-29(35-34(40)36-32-25(2)8-7-9-26(32)3)12-13-31(30)37-20-16-28(17-21-37)22-27-10-5-4-6-11-27/h4-13,23-24,28H,14-22H2,1-3H3,(H2,35,36,40). The predicted molar refractivity (Wildman–Crippen MR) is 164 cm³/mol. The van der Waals surface area contributed by atoms with Crippen LogP contribution in [0.15, 0.2) is 66.7 Å². The van der Waals surface area contributed by atoms with Gasteiger partial charge in [-0.3, -0.25) is 4.79 Å². The number of piperidine rings is 2. The Morgan fingerprint density at radius 1 is 0.800 bits per heavy atom. The zero-order valence-corrected chi connectivity index (χ0v) is 24.1. The number of anilines is 3. The van der Waals surface area contributed by atoms with Crippen LogP contribution >= 0.6 is 0 Å². The SMILES string of the molecule is Cc1cccc(C)c1NC(=O)Nc1ccc(N2CCC(Cc3ccccc3)CC2)c(C(=O)N2CCC(C)CC2)c1. The van der Waals surface area contributed by atoms with Gasteiger partial charge in [-0.1, -0.05) is 55.5 Å². The molecular formula is C34H42N4O2. The summed E-state index contributed by atoms with van der Waals surface area (Å²) in [6, 6.07) is 22.2. The minimum atomic E-state index is -0.308. The van der Waals surface area contributed by atoms with Crippen LogP contribution in [0.5, 0.6) is 0 Å². The largest absolute Gasteiger partial charge is 0.371 e. The highest BCUT2D eigenvalue weighted by molar-refractivity contribution is 6.04. The Bertz CT molecular complexity index is 1300. The average Bonchev–Trinajstić information content (AvgIpc) is 2.96. The zero-order chi connectivity index (χ0) is 28.1. The van der Waals surface area contributed by atoms with Gasteiger partial charge in [0.05, 0.1) is 5.56 Å². The minimum absolute atomic E-state index is 0.0621. The molecule has 2 saturated heterocycles. The fraction of sp³-hybridized carbons (Fsp3) is 0.412. The van der Waals surface area contributed by atoms with Gasteiger partial charge in [-0.05, 0) is 92.7 Å². The van der Waals surface area contributed by atoms with Gasteiger partial charge in [0.2, 0.25) is 0 Å². The van der Waals surface area contributed by atoms with Crippen molar-refractivity contribution < 1.29 is 9.59 Å². The summed E-state index contributed by atoms with van der Waals surface area (Å²) in [5.74, 6) is 1.36. The molecule has 0 aromatic heterocycles. The number of hydrogen-bond acceptors (Lipinski definition) is 3. The molecule has 40 heavy (non-hydrogen) atoms. The minimum Gasteiger partial charge on any atom is -0.371 e. The van der Waals surface area contributed by atoms with Crippen molar-refractivity contribution in [3.63, 3.8) is 0 Å². The number of benzene rings is 3. The van der Waals surface area contributed by atoms with E-state index < -0.39 is 0 Å². The van der Waals surface area contributed by atoms with Crippen molar-refractivity contribution >= 4 is 29.0 Å². The highest BCUT2D eigenvalue weighted by Gasteiger charge is 2.27. The molecule has 0 bridgehead atoms. The Labute approximate surface area is 238 Å². The van der Waals surface area contributed by atoms with Gasteiger partial charge in [0, 0.05) is 43.2 Å². The van der Waals surface area contributed by atoms with Gasteiger partial charge in [-0.25, -0.2) is 4.79 Å². The third-order valence-electron chi connectivity index (χ3n) is 8.60. The van der Waals surface area contributed by atoms with E-state index in [1.165, 1.54) is 5.56 Å². The van der Waals surface area contributed by atoms with Crippen molar-refractivity contribution in [2.75, 3.05) is 41.7 Å². The van der Waals surface area contributed by atoms with Crippen LogP contribution in [0.3, 0.4) is 0 Å². The summed E-state index contributed by atoms with van der Waals surface area (Å²) >= 11 is 0. The second kappa shape index (κ2) is 12.6. The summed E-state index contributed by atoms with van der Waals surface area (Å²) in [5, 5.41) is 5.97. The van der Waals surface area contributed by atoms with E-state index in [-0.39, 0.29) is 11.9 Å². The van der Waals surface area contributed by atoms with Gasteiger partial charge < -0.3 is 20.4 Å². The van der Waals surface area contributed by atoms with E-state index in [1.54, 1.807) is 0 Å². The fourth-order valence-electron chi connectivity index (χ4n) is 6.06. The molecule has 3 aromatic rings. The van der Waals surface area contributed by atoms with Gasteiger partial charge in [-0.2, -0.15) is 0 Å². The molecule has 3 amide bonds. The molecule has 2 N–H and O–H groups in total. The first-order chi connectivity index (χ1) is 19.4. The van der Waals surface area contributed by atoms with Crippen LogP contribution in [0.25, 0.3) is 0 Å². The van der Waals surface area contributed by atoms with Crippen LogP contribution in [0.4, 0.5) is 21.9 Å². The molecule has 5 rings (SSSR count). The van der Waals surface area contributed by atoms with Gasteiger partial charge >= 0.3 is 6.03 Å². The van der Waals surface area contributed by atoms with Crippen molar-refractivity contribution in [1.82, 2.24) is 4.90 Å². The number of para-hydroxylation sites is 1. The molecule has 210 valence electrons. The van der Waals surface area contributed by atoms with E-state index in [2.05, 4.69) is 52.8 Å². The van der Waals surface area contributed by atoms with Crippen molar-refractivity contribution in [3.05, 3.63) is 89.0 Å². The first-order valence-corrected chi connectivity index (χ1v) is 14.7. The highest BCUT2D eigenvalue weighted by Crippen LogP contribution is 2.32. The number of carbonyl (C=O) groups is 2. The third kappa shape index (κ3) is 6.67. The van der Waals surface area contributed by atoms with Crippen LogP contribution in [-0.2, 0) is 6.42 Å². The summed E-state index contributed by atoms with van der Waals surface area (Å²) in [6.45, 7) is 9.63. The van der Waals surface area contributed by atoms with Crippen molar-refractivity contribution in [2.24, 2.45) is 11.8 Å². The molecule has 0 unspecified atom stereocenters. The lowest BCUT2D eigenvalue weighted by molar-refractivity contribution is 0.0697. The van der Waals surface area contributed by atoms with Crippen LogP contribution in [-0.4, -0.2) is 43.0 Å². The number of likely N-dealkylation sites (tertiary alicyclic amines) is 1. The maximum absolute atomic E-state index is 13.9. The molecule has 0 atom stereocenters. The molecule has 6 heteroatoms. The fourth-order valence-corrected chi connectivity index (χ4v) is 6.06. The highest BCUT2D eigenvalue weighted by atomic mass is 16.2. The molecule has 2 fully saturated rings. The summed E-state index contributed by atoms with van der Waals surface area (Å²) in [6.07, 6.45) is 5.36. The van der Waals surface area contributed by atoms with Gasteiger partial charge in [0.15, 0.2) is 0 Å². The van der Waals surface area contributed by atoms with E-state index in [0.717, 1.165) is 80.8 Å². The maximum Gasteiger partial charge on any atom is 0.323 e. The van der Waals surface area contributed by atoms with E-state index in [4.69, 9.17) is 0 Å². The van der Waals surface area contributed by atoms with E-state index in [1.807, 2.05) is 55.1 Å². The number of carbonyl (C=O) groups excluding carboxylic acids is 2. The van der Waals surface area contributed by atoms with E-state index in [0.29, 0.717) is 23.1 Å². The first kappa shape index (κ1) is 27.8. The lowest BCUT2D eigenvalue weighted by Gasteiger charge is -2.36. The van der Waals surface area contributed by atoms with Gasteiger partial charge in [0.25, 0.3) is 5.91 Å². The summed E-state index contributed by atoms with van der Waals surface area (Å²) < 4.78 is 0. The molecule has 2 aliphatic rings. The van der Waals surface area contributed by atoms with Crippen LogP contribution in [0, 0.1) is 25.7 Å². The predicted octanol–water partition coefficient (Wildman–Crippen LogP) is 7.28. The molecule has 2 heterocycles. The zero-order valence-electron chi connectivity index (χ0n) is 24.1. The Morgan fingerprint density at radius 3 is 2.15 bits per heavy atom. The quantitative estimate of drug-likeness (QED) is 0.347. The van der Waals surface area contributed by atoms with Crippen LogP contribution in [0.2, 0.25) is 0 Å². The number of nitrogens with zero attached hydrogens (tertiary/aromatic N) is 2. The molecule has 0 saturated carbocycles. The Kier molecular flexibility index (Phi) is 8.73. The molecule has 0 spiro atoms. The molecular weight excluding hydrogens is 496 g/mol. The van der Waals surface area contributed by atoms with Gasteiger partial charge in [-0.15, -0.1) is 0 Å². The van der Waals surface area contributed by atoms with E-state index in [9.17, 15) is 9.59 Å². The Morgan fingerprint density at radius 2 is 1.48 bits per heavy atom. The second-order valence-corrected chi connectivity index (χ2v) is 11.7. The van der Waals surface area contributed by atoms with Crippen molar-refractivity contribution in [2.45, 2.75) is 52.9 Å².